The second kappa shape index (κ2) is 9.25. The molecular weight excluding hydrogens is 472 g/mol. The van der Waals surface area contributed by atoms with Crippen LogP contribution in [0.4, 0.5) is 5.69 Å². The first kappa shape index (κ1) is 23.0. The molecule has 0 bridgehead atoms. The van der Waals surface area contributed by atoms with Gasteiger partial charge in [0, 0.05) is 55.2 Å². The number of fused-ring (bicyclic) bond motifs is 1. The highest BCUT2D eigenvalue weighted by molar-refractivity contribution is 6.33. The fraction of sp³-hybridized carbons (Fsp3) is 0.345. The predicted octanol–water partition coefficient (Wildman–Crippen LogP) is 4.89. The van der Waals surface area contributed by atoms with Gasteiger partial charge in [-0.1, -0.05) is 29.8 Å². The van der Waals surface area contributed by atoms with E-state index in [4.69, 9.17) is 11.6 Å². The molecule has 1 N–H and O–H groups in total. The summed E-state index contributed by atoms with van der Waals surface area (Å²) in [7, 11) is 0. The van der Waals surface area contributed by atoms with E-state index >= 15 is 0 Å². The summed E-state index contributed by atoms with van der Waals surface area (Å²) in [6, 6.07) is 17.1. The molecule has 7 heteroatoms. The molecule has 1 aromatic heterocycles. The number of rotatable bonds is 4. The van der Waals surface area contributed by atoms with E-state index in [1.165, 1.54) is 11.3 Å². The van der Waals surface area contributed by atoms with Crippen LogP contribution >= 0.6 is 11.6 Å². The zero-order valence-corrected chi connectivity index (χ0v) is 20.9. The third-order valence-corrected chi connectivity index (χ3v) is 8.42. The molecule has 2 aromatic carbocycles. The van der Waals surface area contributed by atoms with Crippen molar-refractivity contribution in [2.75, 3.05) is 31.1 Å². The Bertz CT molecular complexity index is 1300. The van der Waals surface area contributed by atoms with Gasteiger partial charge in [-0.05, 0) is 73.2 Å². The summed E-state index contributed by atoms with van der Waals surface area (Å²) in [5.41, 5.74) is 4.88. The molecule has 6 nitrogen and oxygen atoms in total. The van der Waals surface area contributed by atoms with Crippen molar-refractivity contribution in [2.24, 2.45) is 5.41 Å². The number of pyridine rings is 1. The monoisotopic (exact) mass is 500 g/mol. The largest absolute Gasteiger partial charge is 0.371 e. The molecule has 2 fully saturated rings. The lowest BCUT2D eigenvalue weighted by Gasteiger charge is -2.54. The number of nitrogens with one attached hydrogen (secondary N) is 1. The van der Waals surface area contributed by atoms with Crippen molar-refractivity contribution >= 4 is 29.1 Å². The summed E-state index contributed by atoms with van der Waals surface area (Å²) in [5.74, 6) is -0.0963. The van der Waals surface area contributed by atoms with Gasteiger partial charge in [-0.2, -0.15) is 0 Å². The quantitative estimate of drug-likeness (QED) is 0.553. The van der Waals surface area contributed by atoms with Crippen LogP contribution in [0.1, 0.15) is 57.1 Å². The van der Waals surface area contributed by atoms with Gasteiger partial charge in [0.15, 0.2) is 0 Å². The minimum absolute atomic E-state index is 0.0862. The predicted molar refractivity (Wildman–Crippen MR) is 140 cm³/mol. The molecule has 184 valence electrons. The van der Waals surface area contributed by atoms with Crippen molar-refractivity contribution < 1.29 is 9.59 Å². The molecule has 2 aliphatic heterocycles. The SMILES string of the molecule is O=C(N[C@@H]1CCc2ccc(C(=O)N3CC4(CCN(c5ccncc5)CC4)C3)cc21)c1ccccc1Cl. The number of aromatic nitrogens is 1. The number of halogens is 1. The van der Waals surface area contributed by atoms with Crippen molar-refractivity contribution in [3.05, 3.63) is 94.3 Å². The van der Waals surface area contributed by atoms with Gasteiger partial charge >= 0.3 is 0 Å². The van der Waals surface area contributed by atoms with Crippen LogP contribution in [0.25, 0.3) is 0 Å². The Kier molecular flexibility index (Phi) is 5.92. The van der Waals surface area contributed by atoms with Gasteiger partial charge in [0.25, 0.3) is 11.8 Å². The molecule has 2 saturated heterocycles. The molecule has 3 aliphatic rings. The fourth-order valence-corrected chi connectivity index (χ4v) is 6.19. The summed E-state index contributed by atoms with van der Waals surface area (Å²) in [5, 5.41) is 3.56. The molecule has 3 aromatic rings. The Morgan fingerprint density at radius 3 is 2.50 bits per heavy atom. The Morgan fingerprint density at radius 2 is 1.75 bits per heavy atom. The maximum absolute atomic E-state index is 13.3. The lowest BCUT2D eigenvalue weighted by molar-refractivity contribution is -0.00785. The Hall–Kier alpha value is -3.38. The molecule has 1 atom stereocenters. The average Bonchev–Trinajstić information content (AvgIpc) is 3.29. The van der Waals surface area contributed by atoms with Crippen molar-refractivity contribution in [1.29, 1.82) is 0 Å². The number of carbonyl (C=O) groups is 2. The van der Waals surface area contributed by atoms with E-state index < -0.39 is 0 Å². The first-order valence-electron chi connectivity index (χ1n) is 12.6. The summed E-state index contributed by atoms with van der Waals surface area (Å²) in [4.78, 5) is 34.7. The summed E-state index contributed by atoms with van der Waals surface area (Å²) >= 11 is 6.21. The normalized spacial score (nSPS) is 20.1. The number of hydrogen-bond donors (Lipinski definition) is 1. The van der Waals surface area contributed by atoms with Gasteiger partial charge in [-0.25, -0.2) is 0 Å². The standard InChI is InChI=1S/C29H29ClN4O2/c30-25-4-2-1-3-23(25)27(35)32-26-8-7-20-5-6-21(17-24(20)26)28(36)34-18-29(19-34)11-15-33(16-12-29)22-9-13-31-14-10-22/h1-6,9-10,13-14,17,26H,7-8,11-12,15-16,18-19H2,(H,32,35)/t26-/m1/s1. The third kappa shape index (κ3) is 4.24. The number of nitrogens with zero attached hydrogens (tertiary/aromatic N) is 3. The topological polar surface area (TPSA) is 65.5 Å². The van der Waals surface area contributed by atoms with Crippen molar-refractivity contribution in [2.45, 2.75) is 31.7 Å². The van der Waals surface area contributed by atoms with Crippen molar-refractivity contribution in [3.63, 3.8) is 0 Å². The number of anilines is 1. The molecule has 2 amide bonds. The molecule has 0 radical (unpaired) electrons. The van der Waals surface area contributed by atoms with Crippen LogP contribution in [0.15, 0.2) is 67.0 Å². The van der Waals surface area contributed by atoms with Crippen molar-refractivity contribution in [1.82, 2.24) is 15.2 Å². The number of aryl methyl sites for hydroxylation is 1. The highest BCUT2D eigenvalue weighted by Crippen LogP contribution is 2.42. The van der Waals surface area contributed by atoms with Crippen LogP contribution < -0.4 is 10.2 Å². The molecule has 36 heavy (non-hydrogen) atoms. The van der Waals surface area contributed by atoms with E-state index in [1.54, 1.807) is 12.1 Å². The zero-order chi connectivity index (χ0) is 24.7. The summed E-state index contributed by atoms with van der Waals surface area (Å²) < 4.78 is 0. The third-order valence-electron chi connectivity index (χ3n) is 8.09. The maximum Gasteiger partial charge on any atom is 0.253 e. The zero-order valence-electron chi connectivity index (χ0n) is 20.1. The van der Waals surface area contributed by atoms with E-state index in [-0.39, 0.29) is 23.3 Å². The molecule has 1 aliphatic carbocycles. The molecule has 1 spiro atoms. The van der Waals surface area contributed by atoms with E-state index in [9.17, 15) is 9.59 Å². The molecule has 6 rings (SSSR count). The van der Waals surface area contributed by atoms with Gasteiger partial charge in [0.2, 0.25) is 0 Å². The summed E-state index contributed by atoms with van der Waals surface area (Å²) in [6.45, 7) is 3.66. The van der Waals surface area contributed by atoms with E-state index in [0.717, 1.165) is 57.4 Å². The van der Waals surface area contributed by atoms with Crippen molar-refractivity contribution in [3.8, 4) is 0 Å². The molecular formula is C29H29ClN4O2. The molecule has 0 unspecified atom stereocenters. The second-order valence-electron chi connectivity index (χ2n) is 10.3. The molecule has 3 heterocycles. The van der Waals surface area contributed by atoms with Crippen LogP contribution in [0.2, 0.25) is 5.02 Å². The molecule has 0 saturated carbocycles. The van der Waals surface area contributed by atoms with Crippen LogP contribution in [0, 0.1) is 5.41 Å². The Labute approximate surface area is 216 Å². The first-order valence-corrected chi connectivity index (χ1v) is 13.0. The van der Waals surface area contributed by atoms with Gasteiger partial charge in [-0.3, -0.25) is 14.6 Å². The smallest absolute Gasteiger partial charge is 0.253 e. The van der Waals surface area contributed by atoms with Gasteiger partial charge < -0.3 is 15.1 Å². The second-order valence-corrected chi connectivity index (χ2v) is 10.7. The minimum atomic E-state index is -0.182. The van der Waals surface area contributed by atoms with E-state index in [0.29, 0.717) is 16.1 Å². The lowest BCUT2D eigenvalue weighted by Crippen LogP contribution is -2.62. The highest BCUT2D eigenvalue weighted by Gasteiger charge is 2.47. The van der Waals surface area contributed by atoms with Crippen LogP contribution in [0.3, 0.4) is 0 Å². The van der Waals surface area contributed by atoms with Crippen LogP contribution in [-0.4, -0.2) is 47.9 Å². The fourth-order valence-electron chi connectivity index (χ4n) is 5.97. The lowest BCUT2D eigenvalue weighted by atomic mass is 9.71. The first-order chi connectivity index (χ1) is 17.5. The van der Waals surface area contributed by atoms with Crippen LogP contribution in [-0.2, 0) is 6.42 Å². The van der Waals surface area contributed by atoms with E-state index in [2.05, 4.69) is 27.3 Å². The van der Waals surface area contributed by atoms with E-state index in [1.807, 2.05) is 47.6 Å². The Morgan fingerprint density at radius 1 is 1.00 bits per heavy atom. The Balaban J connectivity index is 1.09. The van der Waals surface area contributed by atoms with Gasteiger partial charge in [0.05, 0.1) is 16.6 Å². The maximum atomic E-state index is 13.3. The number of amides is 2. The summed E-state index contributed by atoms with van der Waals surface area (Å²) in [6.07, 6.45) is 7.58. The number of hydrogen-bond acceptors (Lipinski definition) is 4. The number of likely N-dealkylation sites (tertiary alicyclic amines) is 1. The average molecular weight is 501 g/mol. The van der Waals surface area contributed by atoms with Crippen LogP contribution in [0.5, 0.6) is 0 Å². The highest BCUT2D eigenvalue weighted by atomic mass is 35.5. The minimum Gasteiger partial charge on any atom is -0.371 e. The van der Waals surface area contributed by atoms with Gasteiger partial charge in [-0.15, -0.1) is 0 Å². The van der Waals surface area contributed by atoms with Gasteiger partial charge in [0.1, 0.15) is 0 Å². The number of carbonyl (C=O) groups excluding carboxylic acids is 2. The number of benzene rings is 2. The number of piperidine rings is 1.